The van der Waals surface area contributed by atoms with E-state index in [1.54, 1.807) is 4.90 Å². The molecule has 2 amide bonds. The second-order valence-corrected chi connectivity index (χ2v) is 5.38. The summed E-state index contributed by atoms with van der Waals surface area (Å²) in [4.78, 5) is 25.6. The topological polar surface area (TPSA) is 49.4 Å². The highest BCUT2D eigenvalue weighted by atomic mass is 16.2. The Bertz CT molecular complexity index is 456. The highest BCUT2D eigenvalue weighted by Gasteiger charge is 2.34. The van der Waals surface area contributed by atoms with E-state index in [1.807, 2.05) is 30.3 Å². The Labute approximate surface area is 113 Å². The molecule has 4 heteroatoms. The van der Waals surface area contributed by atoms with Gasteiger partial charge in [0.2, 0.25) is 11.8 Å². The van der Waals surface area contributed by atoms with Crippen molar-refractivity contribution in [1.82, 2.24) is 5.32 Å². The summed E-state index contributed by atoms with van der Waals surface area (Å²) < 4.78 is 0. The molecule has 1 heterocycles. The van der Waals surface area contributed by atoms with Crippen LogP contribution in [-0.2, 0) is 9.59 Å². The quantitative estimate of drug-likeness (QED) is 0.897. The van der Waals surface area contributed by atoms with E-state index in [1.165, 1.54) is 0 Å². The summed E-state index contributed by atoms with van der Waals surface area (Å²) in [5.74, 6) is 0.203. The number of carbonyl (C=O) groups is 2. The lowest BCUT2D eigenvalue weighted by molar-refractivity contribution is -0.126. The Morgan fingerprint density at radius 2 is 2.05 bits per heavy atom. The van der Waals surface area contributed by atoms with E-state index < -0.39 is 0 Å². The van der Waals surface area contributed by atoms with Gasteiger partial charge >= 0.3 is 0 Å². The number of para-hydroxylation sites is 1. The van der Waals surface area contributed by atoms with Gasteiger partial charge in [-0.25, -0.2) is 0 Å². The van der Waals surface area contributed by atoms with Gasteiger partial charge in [-0.15, -0.1) is 0 Å². The first-order valence-electron chi connectivity index (χ1n) is 6.71. The minimum absolute atomic E-state index is 0.0134. The highest BCUT2D eigenvalue weighted by Crippen LogP contribution is 2.24. The zero-order chi connectivity index (χ0) is 13.8. The Balaban J connectivity index is 1.98. The first kappa shape index (κ1) is 13.6. The molecule has 2 rings (SSSR count). The van der Waals surface area contributed by atoms with Gasteiger partial charge in [-0.3, -0.25) is 9.59 Å². The van der Waals surface area contributed by atoms with Gasteiger partial charge in [0.05, 0.1) is 5.92 Å². The van der Waals surface area contributed by atoms with Gasteiger partial charge < -0.3 is 10.2 Å². The summed E-state index contributed by atoms with van der Waals surface area (Å²) in [6, 6.07) is 9.50. The lowest BCUT2D eigenvalue weighted by atomic mass is 10.1. The third kappa shape index (κ3) is 3.34. The fourth-order valence-electron chi connectivity index (χ4n) is 2.19. The van der Waals surface area contributed by atoms with E-state index >= 15 is 0 Å². The van der Waals surface area contributed by atoms with Gasteiger partial charge in [0.1, 0.15) is 0 Å². The summed E-state index contributed by atoms with van der Waals surface area (Å²) >= 11 is 0. The summed E-state index contributed by atoms with van der Waals surface area (Å²) in [5.41, 5.74) is 0.867. The van der Waals surface area contributed by atoms with Crippen molar-refractivity contribution in [3.63, 3.8) is 0 Å². The van der Waals surface area contributed by atoms with Crippen LogP contribution in [0.1, 0.15) is 20.3 Å². The van der Waals surface area contributed by atoms with Crippen LogP contribution in [0.3, 0.4) is 0 Å². The summed E-state index contributed by atoms with van der Waals surface area (Å²) in [6.07, 6.45) is 0.304. The van der Waals surface area contributed by atoms with Crippen LogP contribution in [0.25, 0.3) is 0 Å². The molecule has 1 atom stereocenters. The van der Waals surface area contributed by atoms with E-state index in [4.69, 9.17) is 0 Å². The number of amides is 2. The van der Waals surface area contributed by atoms with Gasteiger partial charge in [0.15, 0.2) is 0 Å². The van der Waals surface area contributed by atoms with Crippen molar-refractivity contribution in [2.24, 2.45) is 11.8 Å². The molecular formula is C15H20N2O2. The Hall–Kier alpha value is -1.84. The van der Waals surface area contributed by atoms with Crippen molar-refractivity contribution in [1.29, 1.82) is 0 Å². The Kier molecular flexibility index (Phi) is 4.20. The second-order valence-electron chi connectivity index (χ2n) is 5.38. The fraction of sp³-hybridized carbons (Fsp3) is 0.467. The summed E-state index contributed by atoms with van der Waals surface area (Å²) in [7, 11) is 0. The van der Waals surface area contributed by atoms with E-state index in [0.717, 1.165) is 5.69 Å². The molecule has 1 saturated heterocycles. The number of hydrogen-bond donors (Lipinski definition) is 1. The Morgan fingerprint density at radius 1 is 1.37 bits per heavy atom. The SMILES string of the molecule is CC(C)CNC(=O)C1CC(=O)N(c2ccccc2)C1. The van der Waals surface area contributed by atoms with Crippen LogP contribution in [0, 0.1) is 11.8 Å². The third-order valence-electron chi connectivity index (χ3n) is 3.25. The molecule has 1 aromatic rings. The van der Waals surface area contributed by atoms with Gasteiger partial charge in [-0.05, 0) is 18.1 Å². The van der Waals surface area contributed by atoms with Crippen LogP contribution >= 0.6 is 0 Å². The Morgan fingerprint density at radius 3 is 2.68 bits per heavy atom. The smallest absolute Gasteiger partial charge is 0.227 e. The molecule has 102 valence electrons. The molecule has 1 fully saturated rings. The minimum Gasteiger partial charge on any atom is -0.356 e. The zero-order valence-electron chi connectivity index (χ0n) is 11.4. The molecular weight excluding hydrogens is 240 g/mol. The molecule has 0 radical (unpaired) electrons. The van der Waals surface area contributed by atoms with E-state index in [-0.39, 0.29) is 17.7 Å². The van der Waals surface area contributed by atoms with Crippen molar-refractivity contribution in [2.45, 2.75) is 20.3 Å². The second kappa shape index (κ2) is 5.87. The number of anilines is 1. The average Bonchev–Trinajstić information content (AvgIpc) is 2.79. The van der Waals surface area contributed by atoms with Crippen molar-refractivity contribution in [2.75, 3.05) is 18.0 Å². The number of hydrogen-bond acceptors (Lipinski definition) is 2. The number of rotatable bonds is 4. The van der Waals surface area contributed by atoms with Crippen molar-refractivity contribution in [3.05, 3.63) is 30.3 Å². The van der Waals surface area contributed by atoms with Gasteiger partial charge in [0.25, 0.3) is 0 Å². The minimum atomic E-state index is -0.230. The van der Waals surface area contributed by atoms with Crippen LogP contribution in [0.2, 0.25) is 0 Å². The first-order valence-corrected chi connectivity index (χ1v) is 6.71. The molecule has 1 aliphatic rings. The van der Waals surface area contributed by atoms with E-state index in [9.17, 15) is 9.59 Å². The molecule has 0 spiro atoms. The molecule has 19 heavy (non-hydrogen) atoms. The van der Waals surface area contributed by atoms with Crippen molar-refractivity contribution in [3.8, 4) is 0 Å². The maximum absolute atomic E-state index is 12.0. The van der Waals surface area contributed by atoms with Crippen LogP contribution in [0.4, 0.5) is 5.69 Å². The van der Waals surface area contributed by atoms with Gasteiger partial charge in [-0.2, -0.15) is 0 Å². The maximum atomic E-state index is 12.0. The molecule has 0 bridgehead atoms. The van der Waals surface area contributed by atoms with E-state index in [0.29, 0.717) is 25.4 Å². The fourth-order valence-corrected chi connectivity index (χ4v) is 2.19. The van der Waals surface area contributed by atoms with Crippen LogP contribution < -0.4 is 10.2 Å². The standard InChI is InChI=1S/C15H20N2O2/c1-11(2)9-16-15(19)12-8-14(18)17(10-12)13-6-4-3-5-7-13/h3-7,11-12H,8-10H2,1-2H3,(H,16,19). The average molecular weight is 260 g/mol. The molecule has 0 aromatic heterocycles. The summed E-state index contributed by atoms with van der Waals surface area (Å²) in [6.45, 7) is 5.24. The molecule has 1 unspecified atom stereocenters. The molecule has 0 saturated carbocycles. The normalized spacial score (nSPS) is 19.0. The van der Waals surface area contributed by atoms with Gasteiger partial charge in [-0.1, -0.05) is 32.0 Å². The van der Waals surface area contributed by atoms with E-state index in [2.05, 4.69) is 19.2 Å². The number of carbonyl (C=O) groups excluding carboxylic acids is 2. The largest absolute Gasteiger partial charge is 0.356 e. The van der Waals surface area contributed by atoms with Crippen LogP contribution in [0.15, 0.2) is 30.3 Å². The molecule has 1 N–H and O–H groups in total. The zero-order valence-corrected chi connectivity index (χ0v) is 11.4. The van der Waals surface area contributed by atoms with Gasteiger partial charge in [0, 0.05) is 25.2 Å². The molecule has 1 aromatic carbocycles. The lowest BCUT2D eigenvalue weighted by Gasteiger charge is -2.16. The predicted octanol–water partition coefficient (Wildman–Crippen LogP) is 1.81. The molecule has 1 aliphatic heterocycles. The maximum Gasteiger partial charge on any atom is 0.227 e. The number of nitrogens with zero attached hydrogens (tertiary/aromatic N) is 1. The summed E-state index contributed by atoms with van der Waals surface area (Å²) in [5, 5.41) is 2.90. The third-order valence-corrected chi connectivity index (χ3v) is 3.25. The van der Waals surface area contributed by atoms with Crippen molar-refractivity contribution >= 4 is 17.5 Å². The molecule has 0 aliphatic carbocycles. The molecule has 4 nitrogen and oxygen atoms in total. The lowest BCUT2D eigenvalue weighted by Crippen LogP contribution is -2.34. The predicted molar refractivity (Wildman–Crippen MR) is 74.7 cm³/mol. The number of nitrogens with one attached hydrogen (secondary N) is 1. The number of benzene rings is 1. The van der Waals surface area contributed by atoms with Crippen LogP contribution in [-0.4, -0.2) is 24.9 Å². The highest BCUT2D eigenvalue weighted by molar-refractivity contribution is 6.00. The van der Waals surface area contributed by atoms with Crippen LogP contribution in [0.5, 0.6) is 0 Å². The van der Waals surface area contributed by atoms with Crippen molar-refractivity contribution < 1.29 is 9.59 Å². The monoisotopic (exact) mass is 260 g/mol. The first-order chi connectivity index (χ1) is 9.08.